The minimum atomic E-state index is -0.686. The molecule has 0 aliphatic carbocycles. The molecule has 0 bridgehead atoms. The number of nitrogens with zero attached hydrogens (tertiary/aromatic N) is 1. The lowest BCUT2D eigenvalue weighted by Gasteiger charge is -2.38. The number of carboxylic acid groups (broad SMARTS) is 1. The molecule has 5 heteroatoms. The van der Waals surface area contributed by atoms with Crippen LogP contribution in [-0.4, -0.2) is 43.3 Å². The van der Waals surface area contributed by atoms with Gasteiger partial charge in [-0.3, -0.25) is 9.69 Å². The van der Waals surface area contributed by atoms with Crippen molar-refractivity contribution in [3.63, 3.8) is 0 Å². The van der Waals surface area contributed by atoms with Gasteiger partial charge in [-0.2, -0.15) is 0 Å². The summed E-state index contributed by atoms with van der Waals surface area (Å²) in [5.74, 6) is 0.473. The number of likely N-dealkylation sites (tertiary alicyclic amines) is 1. The molecule has 0 aromatic heterocycles. The Hall–Kier alpha value is -2.53. The van der Waals surface area contributed by atoms with Crippen LogP contribution in [0.2, 0.25) is 0 Å². The Balaban J connectivity index is 2.01. The van der Waals surface area contributed by atoms with E-state index in [9.17, 15) is 9.90 Å². The minimum absolute atomic E-state index is 0.0511. The summed E-state index contributed by atoms with van der Waals surface area (Å²) in [6.45, 7) is 5.74. The molecule has 28 heavy (non-hydrogen) atoms. The SMILES string of the molecule is COc1ccc(C(c2ccc(C)cc2C)N2CCC(C(=O)O)CC2)cc1OC. The zero-order valence-electron chi connectivity index (χ0n) is 17.1. The highest BCUT2D eigenvalue weighted by Gasteiger charge is 2.31. The zero-order valence-corrected chi connectivity index (χ0v) is 17.1. The summed E-state index contributed by atoms with van der Waals surface area (Å²) >= 11 is 0. The molecule has 1 heterocycles. The molecule has 2 aromatic carbocycles. The number of aryl methyl sites for hydroxylation is 2. The van der Waals surface area contributed by atoms with Crippen LogP contribution >= 0.6 is 0 Å². The van der Waals surface area contributed by atoms with Gasteiger partial charge in [0, 0.05) is 0 Å². The van der Waals surface area contributed by atoms with Crippen LogP contribution in [-0.2, 0) is 4.79 Å². The molecule has 0 spiro atoms. The summed E-state index contributed by atoms with van der Waals surface area (Å²) in [4.78, 5) is 13.8. The van der Waals surface area contributed by atoms with Gasteiger partial charge < -0.3 is 14.6 Å². The maximum atomic E-state index is 11.4. The van der Waals surface area contributed by atoms with E-state index in [1.807, 2.05) is 12.1 Å². The van der Waals surface area contributed by atoms with Crippen LogP contribution in [0.1, 0.15) is 41.1 Å². The predicted molar refractivity (Wildman–Crippen MR) is 109 cm³/mol. The molecule has 1 unspecified atom stereocenters. The van der Waals surface area contributed by atoms with Crippen molar-refractivity contribution >= 4 is 5.97 Å². The van der Waals surface area contributed by atoms with Gasteiger partial charge in [0.15, 0.2) is 11.5 Å². The van der Waals surface area contributed by atoms with E-state index in [4.69, 9.17) is 9.47 Å². The van der Waals surface area contributed by atoms with E-state index in [0.29, 0.717) is 24.3 Å². The van der Waals surface area contributed by atoms with Crippen LogP contribution in [0.3, 0.4) is 0 Å². The molecule has 150 valence electrons. The Kier molecular flexibility index (Phi) is 6.25. The van der Waals surface area contributed by atoms with Gasteiger partial charge in [0.2, 0.25) is 0 Å². The van der Waals surface area contributed by atoms with Crippen LogP contribution in [0, 0.1) is 19.8 Å². The van der Waals surface area contributed by atoms with Gasteiger partial charge >= 0.3 is 5.97 Å². The number of rotatable bonds is 6. The molecule has 2 aromatic rings. The second-order valence-corrected chi connectivity index (χ2v) is 7.53. The van der Waals surface area contributed by atoms with Crippen LogP contribution in [0.4, 0.5) is 0 Å². The highest BCUT2D eigenvalue weighted by Crippen LogP contribution is 2.38. The largest absolute Gasteiger partial charge is 0.493 e. The average Bonchev–Trinajstić information content (AvgIpc) is 2.70. The van der Waals surface area contributed by atoms with Gasteiger partial charge in [-0.15, -0.1) is 0 Å². The Morgan fingerprint density at radius 2 is 1.71 bits per heavy atom. The van der Waals surface area contributed by atoms with Gasteiger partial charge in [-0.25, -0.2) is 0 Å². The molecule has 1 fully saturated rings. The molecule has 0 radical (unpaired) electrons. The Bertz CT molecular complexity index is 840. The van der Waals surface area contributed by atoms with Crippen molar-refractivity contribution in [2.24, 2.45) is 5.92 Å². The fraction of sp³-hybridized carbons (Fsp3) is 0.435. The molecule has 5 nitrogen and oxygen atoms in total. The van der Waals surface area contributed by atoms with E-state index < -0.39 is 5.97 Å². The lowest BCUT2D eigenvalue weighted by molar-refractivity contribution is -0.143. The topological polar surface area (TPSA) is 59.0 Å². The van der Waals surface area contributed by atoms with Crippen LogP contribution in [0.25, 0.3) is 0 Å². The lowest BCUT2D eigenvalue weighted by Crippen LogP contribution is -2.39. The Labute approximate surface area is 166 Å². The van der Waals surface area contributed by atoms with E-state index in [-0.39, 0.29) is 12.0 Å². The summed E-state index contributed by atoms with van der Waals surface area (Å²) in [6, 6.07) is 12.6. The maximum absolute atomic E-state index is 11.4. The highest BCUT2D eigenvalue weighted by molar-refractivity contribution is 5.70. The summed E-state index contributed by atoms with van der Waals surface area (Å²) in [7, 11) is 3.28. The standard InChI is InChI=1S/C23H29NO4/c1-15-5-7-19(16(2)13-15)22(24-11-9-17(10-12-24)23(25)26)18-6-8-20(27-3)21(14-18)28-4/h5-8,13-14,17,22H,9-12H2,1-4H3,(H,25,26). The van der Waals surface area contributed by atoms with Crippen molar-refractivity contribution in [3.8, 4) is 11.5 Å². The number of methoxy groups -OCH3 is 2. The van der Waals surface area contributed by atoms with Crippen molar-refractivity contribution < 1.29 is 19.4 Å². The fourth-order valence-corrected chi connectivity index (χ4v) is 4.15. The molecule has 1 aliphatic rings. The Morgan fingerprint density at radius 1 is 1.04 bits per heavy atom. The van der Waals surface area contributed by atoms with Gasteiger partial charge in [0.25, 0.3) is 0 Å². The summed E-state index contributed by atoms with van der Waals surface area (Å²) in [5, 5.41) is 9.35. The molecule has 0 amide bonds. The van der Waals surface area contributed by atoms with E-state index >= 15 is 0 Å². The number of hydrogen-bond acceptors (Lipinski definition) is 4. The maximum Gasteiger partial charge on any atom is 0.306 e. The number of piperidine rings is 1. The number of aliphatic carboxylic acids is 1. The fourth-order valence-electron chi connectivity index (χ4n) is 4.15. The molecular formula is C23H29NO4. The quantitative estimate of drug-likeness (QED) is 0.810. The number of hydrogen-bond donors (Lipinski definition) is 1. The monoisotopic (exact) mass is 383 g/mol. The van der Waals surface area contributed by atoms with E-state index in [0.717, 1.165) is 18.7 Å². The molecular weight excluding hydrogens is 354 g/mol. The van der Waals surface area contributed by atoms with E-state index in [2.05, 4.69) is 43.0 Å². The third kappa shape index (κ3) is 4.14. The molecule has 1 saturated heterocycles. The third-order valence-corrected chi connectivity index (χ3v) is 5.69. The van der Waals surface area contributed by atoms with Crippen molar-refractivity contribution in [1.29, 1.82) is 0 Å². The van der Waals surface area contributed by atoms with Gasteiger partial charge in [-0.1, -0.05) is 29.8 Å². The smallest absolute Gasteiger partial charge is 0.306 e. The molecule has 0 saturated carbocycles. The van der Waals surface area contributed by atoms with E-state index in [1.54, 1.807) is 14.2 Å². The van der Waals surface area contributed by atoms with Crippen LogP contribution in [0.5, 0.6) is 11.5 Å². The first-order valence-corrected chi connectivity index (χ1v) is 9.70. The normalized spacial score (nSPS) is 16.6. The van der Waals surface area contributed by atoms with Crippen molar-refractivity contribution in [1.82, 2.24) is 4.90 Å². The van der Waals surface area contributed by atoms with Crippen molar-refractivity contribution in [3.05, 3.63) is 58.7 Å². The summed E-state index contributed by atoms with van der Waals surface area (Å²) in [6.07, 6.45) is 1.34. The number of benzene rings is 2. The van der Waals surface area contributed by atoms with Crippen molar-refractivity contribution in [2.45, 2.75) is 32.7 Å². The first kappa shape index (κ1) is 20.2. The summed E-state index contributed by atoms with van der Waals surface area (Å²) in [5.41, 5.74) is 4.84. The number of ether oxygens (including phenoxy) is 2. The summed E-state index contributed by atoms with van der Waals surface area (Å²) < 4.78 is 10.9. The number of carboxylic acids is 1. The average molecular weight is 383 g/mol. The van der Waals surface area contributed by atoms with Crippen LogP contribution in [0.15, 0.2) is 36.4 Å². The van der Waals surface area contributed by atoms with Gasteiger partial charge in [0.1, 0.15) is 0 Å². The first-order chi connectivity index (χ1) is 13.4. The second kappa shape index (κ2) is 8.65. The van der Waals surface area contributed by atoms with Gasteiger partial charge in [0.05, 0.1) is 26.2 Å². The van der Waals surface area contributed by atoms with Crippen molar-refractivity contribution in [2.75, 3.05) is 27.3 Å². The van der Waals surface area contributed by atoms with E-state index in [1.165, 1.54) is 16.7 Å². The third-order valence-electron chi connectivity index (χ3n) is 5.69. The van der Waals surface area contributed by atoms with Gasteiger partial charge in [-0.05, 0) is 68.6 Å². The predicted octanol–water partition coefficient (Wildman–Crippen LogP) is 4.21. The Morgan fingerprint density at radius 3 is 2.29 bits per heavy atom. The molecule has 1 atom stereocenters. The molecule has 1 N–H and O–H groups in total. The first-order valence-electron chi connectivity index (χ1n) is 9.70. The molecule has 1 aliphatic heterocycles. The lowest BCUT2D eigenvalue weighted by atomic mass is 9.89. The second-order valence-electron chi connectivity index (χ2n) is 7.53. The number of carbonyl (C=O) groups is 1. The zero-order chi connectivity index (χ0) is 20.3. The van der Waals surface area contributed by atoms with Crippen LogP contribution < -0.4 is 9.47 Å². The highest BCUT2D eigenvalue weighted by atomic mass is 16.5. The minimum Gasteiger partial charge on any atom is -0.493 e. The molecule has 3 rings (SSSR count).